The maximum atomic E-state index is 12.1. The van der Waals surface area contributed by atoms with Crippen LogP contribution in [0.1, 0.15) is 22.1 Å². The minimum Gasteiger partial charge on any atom is -0.486 e. The maximum absolute atomic E-state index is 12.1. The van der Waals surface area contributed by atoms with Gasteiger partial charge in [0.2, 0.25) is 0 Å². The van der Waals surface area contributed by atoms with Gasteiger partial charge in [-0.2, -0.15) is 0 Å². The Labute approximate surface area is 155 Å². The molecule has 0 saturated carbocycles. The van der Waals surface area contributed by atoms with E-state index in [-0.39, 0.29) is 18.9 Å². The average molecular weight is 369 g/mol. The summed E-state index contributed by atoms with van der Waals surface area (Å²) in [5.74, 6) is 1.32. The molecule has 0 aliphatic heterocycles. The quantitative estimate of drug-likeness (QED) is 0.651. The normalized spacial score (nSPS) is 10.3. The first-order valence-electron chi connectivity index (χ1n) is 8.22. The molecule has 3 aromatic rings. The molecule has 140 valence electrons. The van der Waals surface area contributed by atoms with Crippen molar-refractivity contribution in [3.8, 4) is 5.75 Å². The first-order chi connectivity index (χ1) is 13.1. The van der Waals surface area contributed by atoms with E-state index >= 15 is 0 Å². The first kappa shape index (κ1) is 18.1. The van der Waals surface area contributed by atoms with Crippen molar-refractivity contribution in [3.63, 3.8) is 0 Å². The molecule has 0 saturated heterocycles. The fraction of sp³-hybridized carbons (Fsp3) is 0.158. The molecule has 1 aromatic carbocycles. The number of amides is 3. The fourth-order valence-corrected chi connectivity index (χ4v) is 2.22. The van der Waals surface area contributed by atoms with Crippen LogP contribution in [0.5, 0.6) is 5.75 Å². The Hall–Kier alpha value is -3.68. The van der Waals surface area contributed by atoms with Gasteiger partial charge in [-0.05, 0) is 36.4 Å². The number of hydrazine groups is 1. The highest BCUT2D eigenvalue weighted by molar-refractivity contribution is 5.92. The summed E-state index contributed by atoms with van der Waals surface area (Å²) in [7, 11) is 1.58. The monoisotopic (exact) mass is 369 g/mol. The van der Waals surface area contributed by atoms with Gasteiger partial charge < -0.3 is 18.5 Å². The molecule has 0 aliphatic rings. The van der Waals surface area contributed by atoms with Crippen LogP contribution in [0.2, 0.25) is 0 Å². The number of benzene rings is 1. The van der Waals surface area contributed by atoms with E-state index in [4.69, 9.17) is 13.6 Å². The number of carbonyl (C=O) groups excluding carboxylic acids is 2. The van der Waals surface area contributed by atoms with Crippen molar-refractivity contribution in [1.82, 2.24) is 15.8 Å². The van der Waals surface area contributed by atoms with Gasteiger partial charge in [-0.25, -0.2) is 10.2 Å². The van der Waals surface area contributed by atoms with Crippen LogP contribution in [0.15, 0.2) is 69.7 Å². The van der Waals surface area contributed by atoms with E-state index < -0.39 is 11.9 Å². The smallest absolute Gasteiger partial charge is 0.336 e. The molecular weight excluding hydrogens is 350 g/mol. The Morgan fingerprint density at radius 3 is 2.56 bits per heavy atom. The van der Waals surface area contributed by atoms with Crippen LogP contribution in [-0.4, -0.2) is 23.9 Å². The topological polar surface area (TPSA) is 97.0 Å². The molecule has 8 heteroatoms. The molecule has 0 unspecified atom stereocenters. The van der Waals surface area contributed by atoms with Gasteiger partial charge in [0, 0.05) is 7.05 Å². The van der Waals surface area contributed by atoms with Gasteiger partial charge in [0.1, 0.15) is 23.9 Å². The number of para-hydroxylation sites is 1. The molecule has 3 amide bonds. The number of nitrogens with zero attached hydrogens (tertiary/aromatic N) is 1. The third-order valence-corrected chi connectivity index (χ3v) is 3.61. The lowest BCUT2D eigenvalue weighted by Gasteiger charge is -2.16. The predicted octanol–water partition coefficient (Wildman–Crippen LogP) is 2.94. The van der Waals surface area contributed by atoms with Crippen molar-refractivity contribution < 1.29 is 23.2 Å². The third-order valence-electron chi connectivity index (χ3n) is 3.61. The van der Waals surface area contributed by atoms with E-state index in [0.29, 0.717) is 17.3 Å². The highest BCUT2D eigenvalue weighted by atomic mass is 16.5. The van der Waals surface area contributed by atoms with Gasteiger partial charge in [0.05, 0.1) is 12.8 Å². The molecule has 2 N–H and O–H groups in total. The van der Waals surface area contributed by atoms with Gasteiger partial charge in [-0.3, -0.25) is 10.2 Å². The Bertz CT molecular complexity index is 874. The zero-order valence-corrected chi connectivity index (χ0v) is 14.7. The van der Waals surface area contributed by atoms with Gasteiger partial charge >= 0.3 is 11.9 Å². The summed E-state index contributed by atoms with van der Waals surface area (Å²) in [5, 5.41) is 0. The number of furan rings is 2. The zero-order chi connectivity index (χ0) is 19.1. The zero-order valence-electron chi connectivity index (χ0n) is 14.7. The van der Waals surface area contributed by atoms with Crippen LogP contribution in [0.3, 0.4) is 0 Å². The van der Waals surface area contributed by atoms with E-state index in [1.165, 1.54) is 17.2 Å². The molecule has 0 fully saturated rings. The lowest BCUT2D eigenvalue weighted by atomic mass is 10.3. The van der Waals surface area contributed by atoms with Crippen LogP contribution in [0, 0.1) is 0 Å². The van der Waals surface area contributed by atoms with Crippen molar-refractivity contribution in [2.24, 2.45) is 0 Å². The van der Waals surface area contributed by atoms with Crippen molar-refractivity contribution in [2.45, 2.75) is 13.2 Å². The van der Waals surface area contributed by atoms with Crippen molar-refractivity contribution in [1.29, 1.82) is 0 Å². The molecule has 0 radical (unpaired) electrons. The summed E-state index contributed by atoms with van der Waals surface area (Å²) >= 11 is 0. The Morgan fingerprint density at radius 1 is 1.00 bits per heavy atom. The van der Waals surface area contributed by atoms with E-state index in [1.807, 2.05) is 30.3 Å². The third kappa shape index (κ3) is 5.15. The largest absolute Gasteiger partial charge is 0.486 e. The second kappa shape index (κ2) is 8.61. The number of carbonyl (C=O) groups is 2. The lowest BCUT2D eigenvalue weighted by Crippen LogP contribution is -2.47. The molecule has 0 spiro atoms. The molecule has 2 heterocycles. The second-order valence-electron chi connectivity index (χ2n) is 5.69. The van der Waals surface area contributed by atoms with Crippen molar-refractivity contribution in [3.05, 3.63) is 78.1 Å². The Balaban J connectivity index is 1.45. The standard InChI is InChI=1S/C19H19N3O5/c1-22(12-15-8-5-11-25-15)19(24)21-20-18(23)17-10-9-16(27-17)13-26-14-6-3-2-4-7-14/h2-11H,12-13H2,1H3,(H,20,23)(H,21,24). The van der Waals surface area contributed by atoms with Gasteiger partial charge in [0.25, 0.3) is 0 Å². The fourth-order valence-electron chi connectivity index (χ4n) is 2.22. The minimum absolute atomic E-state index is 0.0654. The molecule has 3 rings (SSSR count). The molecular formula is C19H19N3O5. The number of ether oxygens (including phenoxy) is 1. The molecule has 0 atom stereocenters. The van der Waals surface area contributed by atoms with E-state index in [0.717, 1.165) is 0 Å². The molecule has 0 aliphatic carbocycles. The van der Waals surface area contributed by atoms with E-state index in [2.05, 4.69) is 10.9 Å². The number of nitrogens with one attached hydrogen (secondary N) is 2. The van der Waals surface area contributed by atoms with Crippen LogP contribution in [0.25, 0.3) is 0 Å². The Kier molecular flexibility index (Phi) is 5.78. The maximum Gasteiger partial charge on any atom is 0.336 e. The molecule has 0 bridgehead atoms. The first-order valence-corrected chi connectivity index (χ1v) is 8.22. The minimum atomic E-state index is -0.569. The number of urea groups is 1. The lowest BCUT2D eigenvalue weighted by molar-refractivity contribution is 0.0899. The van der Waals surface area contributed by atoms with Crippen molar-refractivity contribution in [2.75, 3.05) is 7.05 Å². The van der Waals surface area contributed by atoms with Gasteiger partial charge in [-0.15, -0.1) is 0 Å². The SMILES string of the molecule is CN(Cc1ccco1)C(=O)NNC(=O)c1ccc(COc2ccccc2)o1. The van der Waals surface area contributed by atoms with Crippen LogP contribution >= 0.6 is 0 Å². The van der Waals surface area contributed by atoms with Gasteiger partial charge in [-0.1, -0.05) is 18.2 Å². The van der Waals surface area contributed by atoms with Crippen LogP contribution in [0.4, 0.5) is 4.79 Å². The van der Waals surface area contributed by atoms with E-state index in [1.54, 1.807) is 25.2 Å². The summed E-state index contributed by atoms with van der Waals surface area (Å²) in [5.41, 5.74) is 4.62. The second-order valence-corrected chi connectivity index (χ2v) is 5.69. The number of hydrogen-bond acceptors (Lipinski definition) is 5. The van der Waals surface area contributed by atoms with Crippen molar-refractivity contribution >= 4 is 11.9 Å². The molecule has 27 heavy (non-hydrogen) atoms. The highest BCUT2D eigenvalue weighted by Gasteiger charge is 2.15. The molecule has 8 nitrogen and oxygen atoms in total. The number of rotatable bonds is 6. The number of hydrogen-bond donors (Lipinski definition) is 2. The van der Waals surface area contributed by atoms with E-state index in [9.17, 15) is 9.59 Å². The average Bonchev–Trinajstić information content (AvgIpc) is 3.37. The summed E-state index contributed by atoms with van der Waals surface area (Å²) < 4.78 is 16.2. The van der Waals surface area contributed by atoms with Crippen LogP contribution < -0.4 is 15.6 Å². The highest BCUT2D eigenvalue weighted by Crippen LogP contribution is 2.13. The summed E-state index contributed by atoms with van der Waals surface area (Å²) in [4.78, 5) is 25.4. The van der Waals surface area contributed by atoms with Crippen LogP contribution in [-0.2, 0) is 13.2 Å². The van der Waals surface area contributed by atoms with Gasteiger partial charge in [0.15, 0.2) is 5.76 Å². The summed E-state index contributed by atoms with van der Waals surface area (Å²) in [6, 6.07) is 15.4. The Morgan fingerprint density at radius 2 is 1.81 bits per heavy atom. The summed E-state index contributed by atoms with van der Waals surface area (Å²) in [6.07, 6.45) is 1.53. The summed E-state index contributed by atoms with van der Waals surface area (Å²) in [6.45, 7) is 0.464. The molecule has 2 aromatic heterocycles. The predicted molar refractivity (Wildman–Crippen MR) is 95.7 cm³/mol.